The fraction of sp³-hybridized carbons (Fsp3) is 0.250. The highest BCUT2D eigenvalue weighted by Crippen LogP contribution is 2.35. The monoisotopic (exact) mass is 316 g/mol. The van der Waals surface area contributed by atoms with Gasteiger partial charge in [-0.05, 0) is 25.1 Å². The van der Waals surface area contributed by atoms with Crippen molar-refractivity contribution >= 4 is 28.3 Å². The molecule has 1 aromatic carbocycles. The summed E-state index contributed by atoms with van der Waals surface area (Å²) in [5.74, 6) is -0.184. The number of nitrogens with zero attached hydrogens (tertiary/aromatic N) is 2. The Hall–Kier alpha value is -2.16. The number of aryl methyl sites for hydroxylation is 1. The summed E-state index contributed by atoms with van der Waals surface area (Å²) in [5.41, 5.74) is -1.09. The van der Waals surface area contributed by atoms with Gasteiger partial charge in [0.15, 0.2) is 0 Å². The van der Waals surface area contributed by atoms with E-state index in [1.165, 1.54) is 19.2 Å². The van der Waals surface area contributed by atoms with Gasteiger partial charge in [-0.25, -0.2) is 4.98 Å². The van der Waals surface area contributed by atoms with Crippen LogP contribution in [0.1, 0.15) is 21.7 Å². The maximum atomic E-state index is 12.9. The number of anilines is 2. The predicted octanol–water partition coefficient (Wildman–Crippen LogP) is 3.16. The molecule has 21 heavy (non-hydrogen) atoms. The van der Waals surface area contributed by atoms with E-state index < -0.39 is 17.6 Å². The van der Waals surface area contributed by atoms with Gasteiger partial charge in [-0.2, -0.15) is 17.5 Å². The Morgan fingerprint density at radius 2 is 2.05 bits per heavy atom. The Balaban J connectivity index is 2.29. The Morgan fingerprint density at radius 1 is 1.33 bits per heavy atom. The van der Waals surface area contributed by atoms with Gasteiger partial charge in [0.2, 0.25) is 5.13 Å². The zero-order chi connectivity index (χ0) is 15.6. The van der Waals surface area contributed by atoms with Gasteiger partial charge >= 0.3 is 6.18 Å². The largest absolute Gasteiger partial charge is 0.418 e. The van der Waals surface area contributed by atoms with Crippen LogP contribution in [0.2, 0.25) is 0 Å². The smallest absolute Gasteiger partial charge is 0.388 e. The molecule has 0 spiro atoms. The Morgan fingerprint density at radius 3 is 2.57 bits per heavy atom. The minimum absolute atomic E-state index is 0.0918. The van der Waals surface area contributed by atoms with E-state index in [9.17, 15) is 18.0 Å². The van der Waals surface area contributed by atoms with Crippen LogP contribution in [-0.2, 0) is 6.18 Å². The van der Waals surface area contributed by atoms with Gasteiger partial charge in [-0.1, -0.05) is 0 Å². The SMILES string of the molecule is CNc1ccc(C(=O)Nc2nc(C)ns2)cc1C(F)(F)F. The summed E-state index contributed by atoms with van der Waals surface area (Å²) in [7, 11) is 1.38. The third-order valence-electron chi connectivity index (χ3n) is 2.60. The van der Waals surface area contributed by atoms with Crippen LogP contribution >= 0.6 is 11.5 Å². The molecule has 9 heteroatoms. The van der Waals surface area contributed by atoms with Crippen molar-refractivity contribution in [3.05, 3.63) is 35.2 Å². The summed E-state index contributed by atoms with van der Waals surface area (Å²) in [6.45, 7) is 1.65. The average Bonchev–Trinajstić information content (AvgIpc) is 2.82. The van der Waals surface area contributed by atoms with E-state index in [2.05, 4.69) is 20.0 Å². The first-order chi connectivity index (χ1) is 9.81. The first kappa shape index (κ1) is 15.2. The molecule has 0 aliphatic rings. The van der Waals surface area contributed by atoms with Gasteiger partial charge in [0, 0.05) is 29.8 Å². The summed E-state index contributed by atoms with van der Waals surface area (Å²) in [5, 5.41) is 5.10. The first-order valence-corrected chi connectivity index (χ1v) is 6.59. The van der Waals surface area contributed by atoms with Crippen LogP contribution < -0.4 is 10.6 Å². The molecule has 0 bridgehead atoms. The topological polar surface area (TPSA) is 66.9 Å². The third-order valence-corrected chi connectivity index (χ3v) is 3.33. The average molecular weight is 316 g/mol. The first-order valence-electron chi connectivity index (χ1n) is 5.82. The van der Waals surface area contributed by atoms with Crippen molar-refractivity contribution in [1.82, 2.24) is 9.36 Å². The van der Waals surface area contributed by atoms with E-state index in [1.807, 2.05) is 0 Å². The number of rotatable bonds is 3. The summed E-state index contributed by atoms with van der Waals surface area (Å²) in [6.07, 6.45) is -4.55. The summed E-state index contributed by atoms with van der Waals surface area (Å²) < 4.78 is 42.6. The predicted molar refractivity (Wildman–Crippen MR) is 73.6 cm³/mol. The third kappa shape index (κ3) is 3.48. The van der Waals surface area contributed by atoms with Crippen LogP contribution in [0.15, 0.2) is 18.2 Å². The van der Waals surface area contributed by atoms with E-state index in [1.54, 1.807) is 6.92 Å². The number of hydrogen-bond donors (Lipinski definition) is 2. The van der Waals surface area contributed by atoms with E-state index in [4.69, 9.17) is 0 Å². The van der Waals surface area contributed by atoms with Crippen molar-refractivity contribution in [3.63, 3.8) is 0 Å². The van der Waals surface area contributed by atoms with Crippen LogP contribution in [0, 0.1) is 6.92 Å². The Bertz CT molecular complexity index is 669. The zero-order valence-electron chi connectivity index (χ0n) is 11.1. The molecule has 0 radical (unpaired) electrons. The molecule has 112 valence electrons. The van der Waals surface area contributed by atoms with Crippen molar-refractivity contribution in [2.24, 2.45) is 0 Å². The number of carbonyl (C=O) groups is 1. The summed E-state index contributed by atoms with van der Waals surface area (Å²) in [4.78, 5) is 15.9. The number of hydrogen-bond acceptors (Lipinski definition) is 5. The fourth-order valence-corrected chi connectivity index (χ4v) is 2.23. The van der Waals surface area contributed by atoms with Gasteiger partial charge in [0.05, 0.1) is 5.56 Å². The molecule has 0 unspecified atom stereocenters. The maximum Gasteiger partial charge on any atom is 0.418 e. The second-order valence-electron chi connectivity index (χ2n) is 4.11. The lowest BCUT2D eigenvalue weighted by atomic mass is 10.1. The van der Waals surface area contributed by atoms with Crippen LogP contribution in [0.3, 0.4) is 0 Å². The molecule has 2 aromatic rings. The molecule has 0 saturated carbocycles. The molecule has 2 N–H and O–H groups in total. The molecule has 0 aliphatic carbocycles. The number of halogens is 3. The molecular formula is C12H11F3N4OS. The van der Waals surface area contributed by atoms with Crippen molar-refractivity contribution in [3.8, 4) is 0 Å². The highest BCUT2D eigenvalue weighted by atomic mass is 32.1. The lowest BCUT2D eigenvalue weighted by molar-refractivity contribution is -0.136. The molecule has 1 aromatic heterocycles. The van der Waals surface area contributed by atoms with Gasteiger partial charge in [0.1, 0.15) is 5.82 Å². The number of benzene rings is 1. The van der Waals surface area contributed by atoms with E-state index in [0.717, 1.165) is 17.6 Å². The molecule has 5 nitrogen and oxygen atoms in total. The summed E-state index contributed by atoms with van der Waals surface area (Å²) >= 11 is 0.962. The minimum atomic E-state index is -4.55. The van der Waals surface area contributed by atoms with E-state index >= 15 is 0 Å². The molecule has 2 rings (SSSR count). The quantitative estimate of drug-likeness (QED) is 0.913. The molecule has 0 aliphatic heterocycles. The van der Waals surface area contributed by atoms with Crippen molar-refractivity contribution in [1.29, 1.82) is 0 Å². The fourth-order valence-electron chi connectivity index (χ4n) is 1.66. The number of carbonyl (C=O) groups excluding carboxylic acids is 1. The number of aromatic nitrogens is 2. The van der Waals surface area contributed by atoms with Crippen LogP contribution in [0.25, 0.3) is 0 Å². The van der Waals surface area contributed by atoms with E-state index in [0.29, 0.717) is 5.82 Å². The lowest BCUT2D eigenvalue weighted by Gasteiger charge is -2.13. The standard InChI is InChI=1S/C12H11F3N4OS/c1-6-17-11(21-19-6)18-10(20)7-3-4-9(16-2)8(5-7)12(13,14)15/h3-5,16H,1-2H3,(H,17,18,19,20). The van der Waals surface area contributed by atoms with Crippen LogP contribution in [-0.4, -0.2) is 22.3 Å². The molecular weight excluding hydrogens is 305 g/mol. The second kappa shape index (κ2) is 5.68. The van der Waals surface area contributed by atoms with Gasteiger partial charge in [0.25, 0.3) is 5.91 Å². The summed E-state index contributed by atoms with van der Waals surface area (Å²) in [6, 6.07) is 3.32. The van der Waals surface area contributed by atoms with Gasteiger partial charge < -0.3 is 5.32 Å². The van der Waals surface area contributed by atoms with Crippen molar-refractivity contribution < 1.29 is 18.0 Å². The van der Waals surface area contributed by atoms with Crippen LogP contribution in [0.5, 0.6) is 0 Å². The molecule has 1 amide bonds. The maximum absolute atomic E-state index is 12.9. The number of nitrogens with one attached hydrogen (secondary N) is 2. The van der Waals surface area contributed by atoms with Crippen LogP contribution in [0.4, 0.5) is 24.0 Å². The molecule has 1 heterocycles. The molecule has 0 atom stereocenters. The van der Waals surface area contributed by atoms with E-state index in [-0.39, 0.29) is 16.4 Å². The number of amides is 1. The minimum Gasteiger partial charge on any atom is -0.388 e. The lowest BCUT2D eigenvalue weighted by Crippen LogP contribution is -2.15. The number of alkyl halides is 3. The highest BCUT2D eigenvalue weighted by Gasteiger charge is 2.34. The van der Waals surface area contributed by atoms with Crippen molar-refractivity contribution in [2.45, 2.75) is 13.1 Å². The zero-order valence-corrected chi connectivity index (χ0v) is 11.9. The van der Waals surface area contributed by atoms with Gasteiger partial charge in [-0.3, -0.25) is 10.1 Å². The normalized spacial score (nSPS) is 11.3. The molecule has 0 saturated heterocycles. The highest BCUT2D eigenvalue weighted by molar-refractivity contribution is 7.09. The Labute approximate surface area is 122 Å². The van der Waals surface area contributed by atoms with Gasteiger partial charge in [-0.15, -0.1) is 0 Å². The Kier molecular flexibility index (Phi) is 4.12. The molecule has 0 fully saturated rings. The van der Waals surface area contributed by atoms with Crippen molar-refractivity contribution in [2.75, 3.05) is 17.7 Å². The second-order valence-corrected chi connectivity index (χ2v) is 4.86.